The molecule has 0 fully saturated rings. The second-order valence-electron chi connectivity index (χ2n) is 7.82. The Morgan fingerprint density at radius 3 is 2.68 bits per heavy atom. The number of nitrogens with one attached hydrogen (secondary N) is 1. The van der Waals surface area contributed by atoms with Crippen molar-refractivity contribution in [3.8, 4) is 0 Å². The monoisotopic (exact) mass is 404 g/mol. The van der Waals surface area contributed by atoms with Gasteiger partial charge in [0.2, 0.25) is 0 Å². The van der Waals surface area contributed by atoms with Crippen LogP contribution in [0.15, 0.2) is 24.3 Å². The number of amides is 2. The quantitative estimate of drug-likeness (QED) is 0.851. The Morgan fingerprint density at radius 1 is 1.29 bits per heavy atom. The van der Waals surface area contributed by atoms with E-state index >= 15 is 0 Å². The zero-order valence-electron chi connectivity index (χ0n) is 16.6. The minimum atomic E-state index is -0.568. The lowest BCUT2D eigenvalue weighted by molar-refractivity contribution is 0.0222. The van der Waals surface area contributed by atoms with E-state index in [4.69, 9.17) is 16.3 Å². The van der Waals surface area contributed by atoms with E-state index < -0.39 is 5.60 Å². The lowest BCUT2D eigenvalue weighted by Crippen LogP contribution is -2.40. The first-order chi connectivity index (χ1) is 13.2. The minimum absolute atomic E-state index is 0.248. The van der Waals surface area contributed by atoms with Crippen molar-refractivity contribution in [2.45, 2.75) is 45.9 Å². The predicted octanol–water partition coefficient (Wildman–Crippen LogP) is 3.30. The van der Waals surface area contributed by atoms with Crippen molar-refractivity contribution in [1.29, 1.82) is 0 Å². The highest BCUT2D eigenvalue weighted by atomic mass is 35.5. The normalized spacial score (nSPS) is 13.8. The zero-order valence-corrected chi connectivity index (χ0v) is 17.3. The molecule has 0 saturated carbocycles. The molecule has 28 heavy (non-hydrogen) atoms. The van der Waals surface area contributed by atoms with Gasteiger partial charge in [-0.25, -0.2) is 4.79 Å². The second-order valence-corrected chi connectivity index (χ2v) is 8.23. The van der Waals surface area contributed by atoms with Gasteiger partial charge in [-0.05, 0) is 32.4 Å². The molecule has 2 aromatic rings. The molecule has 0 radical (unpaired) electrons. The largest absolute Gasteiger partial charge is 0.444 e. The number of ether oxygens (including phenoxy) is 1. The number of aromatic nitrogens is 2. The van der Waals surface area contributed by atoms with E-state index in [9.17, 15) is 9.59 Å². The van der Waals surface area contributed by atoms with Gasteiger partial charge in [0, 0.05) is 37.1 Å². The maximum atomic E-state index is 12.8. The number of carbonyl (C=O) groups excluding carboxylic acids is 2. The van der Waals surface area contributed by atoms with Gasteiger partial charge < -0.3 is 15.0 Å². The van der Waals surface area contributed by atoms with Crippen molar-refractivity contribution in [3.63, 3.8) is 0 Å². The number of hydrogen-bond acceptors (Lipinski definition) is 4. The molecule has 0 atom stereocenters. The average Bonchev–Trinajstić information content (AvgIpc) is 2.94. The van der Waals surface area contributed by atoms with Crippen LogP contribution in [0.3, 0.4) is 0 Å². The summed E-state index contributed by atoms with van der Waals surface area (Å²) in [5, 5.41) is 7.96. The SMILES string of the molecule is Cn1nc2c(c1C(=O)NCc1ccccc1Cl)CN(C(=O)OC(C)(C)C)CC2. The molecule has 1 aromatic heterocycles. The van der Waals surface area contributed by atoms with Crippen molar-refractivity contribution in [2.75, 3.05) is 6.54 Å². The molecule has 1 N–H and O–H groups in total. The Bertz CT molecular complexity index is 901. The lowest BCUT2D eigenvalue weighted by Gasteiger charge is -2.29. The highest BCUT2D eigenvalue weighted by Gasteiger charge is 2.31. The molecule has 150 valence electrons. The van der Waals surface area contributed by atoms with E-state index in [0.29, 0.717) is 36.8 Å². The third kappa shape index (κ3) is 4.47. The Hall–Kier alpha value is -2.54. The molecule has 0 bridgehead atoms. The van der Waals surface area contributed by atoms with Crippen molar-refractivity contribution in [1.82, 2.24) is 20.0 Å². The van der Waals surface area contributed by atoms with Crippen LogP contribution < -0.4 is 5.32 Å². The highest BCUT2D eigenvalue weighted by Crippen LogP contribution is 2.24. The molecule has 1 aliphatic rings. The number of benzene rings is 1. The topological polar surface area (TPSA) is 76.5 Å². The fourth-order valence-corrected chi connectivity index (χ4v) is 3.37. The van der Waals surface area contributed by atoms with Crippen LogP contribution in [0.1, 0.15) is 48.1 Å². The van der Waals surface area contributed by atoms with E-state index in [2.05, 4.69) is 10.4 Å². The van der Waals surface area contributed by atoms with E-state index in [1.165, 1.54) is 0 Å². The van der Waals surface area contributed by atoms with Gasteiger partial charge in [0.05, 0.1) is 12.2 Å². The maximum Gasteiger partial charge on any atom is 0.410 e. The van der Waals surface area contributed by atoms with Crippen LogP contribution in [-0.4, -0.2) is 38.8 Å². The third-order valence-electron chi connectivity index (χ3n) is 4.46. The standard InChI is InChI=1S/C20H25ClN4O3/c1-20(2,3)28-19(27)25-10-9-16-14(12-25)17(24(4)23-16)18(26)22-11-13-7-5-6-8-15(13)21/h5-8H,9-12H2,1-4H3,(H,22,26). The van der Waals surface area contributed by atoms with E-state index in [-0.39, 0.29) is 12.0 Å². The van der Waals surface area contributed by atoms with Gasteiger partial charge in [0.1, 0.15) is 11.3 Å². The summed E-state index contributed by atoms with van der Waals surface area (Å²) in [7, 11) is 1.74. The number of rotatable bonds is 3. The number of hydrogen-bond donors (Lipinski definition) is 1. The van der Waals surface area contributed by atoms with Gasteiger partial charge in [-0.3, -0.25) is 9.48 Å². The molecule has 2 amide bonds. The van der Waals surface area contributed by atoms with Crippen molar-refractivity contribution in [2.24, 2.45) is 7.05 Å². The fourth-order valence-electron chi connectivity index (χ4n) is 3.17. The molecular weight excluding hydrogens is 380 g/mol. The molecule has 0 aliphatic carbocycles. The molecule has 0 spiro atoms. The van der Waals surface area contributed by atoms with Gasteiger partial charge in [-0.2, -0.15) is 5.10 Å². The number of aryl methyl sites for hydroxylation is 1. The van der Waals surface area contributed by atoms with Crippen LogP contribution >= 0.6 is 11.6 Å². The molecule has 0 saturated heterocycles. The Balaban J connectivity index is 1.75. The lowest BCUT2D eigenvalue weighted by atomic mass is 10.1. The Kier molecular flexibility index (Phi) is 5.65. The minimum Gasteiger partial charge on any atom is -0.444 e. The summed E-state index contributed by atoms with van der Waals surface area (Å²) in [6, 6.07) is 7.37. The summed E-state index contributed by atoms with van der Waals surface area (Å²) < 4.78 is 7.04. The molecular formula is C20H25ClN4O3. The highest BCUT2D eigenvalue weighted by molar-refractivity contribution is 6.31. The van der Waals surface area contributed by atoms with Crippen molar-refractivity contribution in [3.05, 3.63) is 51.8 Å². The number of nitrogens with zero attached hydrogens (tertiary/aromatic N) is 3. The van der Waals surface area contributed by atoms with Crippen molar-refractivity contribution < 1.29 is 14.3 Å². The van der Waals surface area contributed by atoms with Crippen LogP contribution in [-0.2, 0) is 31.3 Å². The van der Waals surface area contributed by atoms with Crippen LogP contribution in [0.5, 0.6) is 0 Å². The molecule has 7 nitrogen and oxygen atoms in total. The molecule has 0 unspecified atom stereocenters. The summed E-state index contributed by atoms with van der Waals surface area (Å²) in [5.41, 5.74) is 2.32. The first kappa shape index (κ1) is 20.2. The molecule has 1 aromatic carbocycles. The summed E-state index contributed by atoms with van der Waals surface area (Å²) >= 11 is 6.16. The molecule has 2 heterocycles. The summed E-state index contributed by atoms with van der Waals surface area (Å²) in [6.45, 7) is 6.62. The van der Waals surface area contributed by atoms with E-state index in [0.717, 1.165) is 16.8 Å². The second kappa shape index (κ2) is 7.83. The van der Waals surface area contributed by atoms with E-state index in [1.54, 1.807) is 22.7 Å². The summed E-state index contributed by atoms with van der Waals surface area (Å²) in [4.78, 5) is 26.9. The zero-order chi connectivity index (χ0) is 20.5. The van der Waals surface area contributed by atoms with E-state index in [1.807, 2.05) is 39.0 Å². The van der Waals surface area contributed by atoms with Gasteiger partial charge in [0.15, 0.2) is 0 Å². The van der Waals surface area contributed by atoms with Crippen LogP contribution in [0.2, 0.25) is 5.02 Å². The Morgan fingerprint density at radius 2 is 2.00 bits per heavy atom. The van der Waals surface area contributed by atoms with Crippen molar-refractivity contribution >= 4 is 23.6 Å². The van der Waals surface area contributed by atoms with Gasteiger partial charge in [-0.15, -0.1) is 0 Å². The fraction of sp³-hybridized carbons (Fsp3) is 0.450. The van der Waals surface area contributed by atoms with Crippen LogP contribution in [0.4, 0.5) is 4.79 Å². The van der Waals surface area contributed by atoms with Gasteiger partial charge in [0.25, 0.3) is 5.91 Å². The summed E-state index contributed by atoms with van der Waals surface area (Å²) in [6.07, 6.45) is 0.199. The maximum absolute atomic E-state index is 12.8. The number of fused-ring (bicyclic) bond motifs is 1. The number of halogens is 1. The van der Waals surface area contributed by atoms with Crippen LogP contribution in [0.25, 0.3) is 0 Å². The number of carbonyl (C=O) groups is 2. The predicted molar refractivity (Wildman–Crippen MR) is 106 cm³/mol. The summed E-state index contributed by atoms with van der Waals surface area (Å²) in [5.74, 6) is -0.248. The van der Waals surface area contributed by atoms with Gasteiger partial charge >= 0.3 is 6.09 Å². The third-order valence-corrected chi connectivity index (χ3v) is 4.83. The van der Waals surface area contributed by atoms with Gasteiger partial charge in [-0.1, -0.05) is 29.8 Å². The first-order valence-corrected chi connectivity index (χ1v) is 9.58. The first-order valence-electron chi connectivity index (χ1n) is 9.20. The smallest absolute Gasteiger partial charge is 0.410 e. The molecule has 3 rings (SSSR count). The molecule has 8 heteroatoms. The molecule has 1 aliphatic heterocycles. The van der Waals surface area contributed by atoms with Crippen LogP contribution in [0, 0.1) is 0 Å². The Labute approximate surface area is 169 Å². The average molecular weight is 405 g/mol.